The summed E-state index contributed by atoms with van der Waals surface area (Å²) in [6.07, 6.45) is 2.70. The molecule has 1 aromatic heterocycles. The Balaban J connectivity index is 0.00000361. The summed E-state index contributed by atoms with van der Waals surface area (Å²) in [6.45, 7) is 3.46. The fourth-order valence-corrected chi connectivity index (χ4v) is 6.06. The fraction of sp³-hybridized carbons (Fsp3) is 0.435. The molecule has 2 heterocycles. The van der Waals surface area contributed by atoms with Crippen molar-refractivity contribution in [1.29, 1.82) is 0 Å². The largest absolute Gasteiger partial charge is 0.503 e. The Bertz CT molecular complexity index is 1410. The van der Waals surface area contributed by atoms with E-state index in [2.05, 4.69) is 5.32 Å². The molecule has 13 heteroatoms. The molecule has 196 valence electrons. The third-order valence-corrected chi connectivity index (χ3v) is 7.91. The highest BCUT2D eigenvalue weighted by atomic mass is 35.5. The van der Waals surface area contributed by atoms with Crippen molar-refractivity contribution in [2.75, 3.05) is 18.6 Å². The quantitative estimate of drug-likeness (QED) is 0.557. The number of carbonyl (C=O) groups is 2. The van der Waals surface area contributed by atoms with Gasteiger partial charge in [0.2, 0.25) is 5.43 Å². The molecular formula is C23H26Cl2FN3O6S. The van der Waals surface area contributed by atoms with Crippen LogP contribution in [0.1, 0.15) is 46.7 Å². The van der Waals surface area contributed by atoms with Crippen LogP contribution in [-0.2, 0) is 21.9 Å². The Morgan fingerprint density at radius 3 is 2.61 bits per heavy atom. The Morgan fingerprint density at radius 2 is 2.00 bits per heavy atom. The van der Waals surface area contributed by atoms with Crippen molar-refractivity contribution in [3.8, 4) is 5.75 Å². The molecule has 0 radical (unpaired) electrons. The Kier molecular flexibility index (Phi) is 7.51. The molecule has 1 spiro atoms. The molecule has 0 bridgehead atoms. The van der Waals surface area contributed by atoms with Crippen LogP contribution in [0.5, 0.6) is 5.75 Å². The van der Waals surface area contributed by atoms with Crippen LogP contribution in [0.25, 0.3) is 0 Å². The summed E-state index contributed by atoms with van der Waals surface area (Å²) in [6, 6.07) is 4.03. The van der Waals surface area contributed by atoms with Gasteiger partial charge in [-0.15, -0.1) is 12.4 Å². The van der Waals surface area contributed by atoms with E-state index in [0.29, 0.717) is 6.42 Å². The van der Waals surface area contributed by atoms with Crippen molar-refractivity contribution >= 4 is 45.7 Å². The monoisotopic (exact) mass is 561 g/mol. The van der Waals surface area contributed by atoms with E-state index in [1.807, 2.05) is 0 Å². The molecule has 9 nitrogen and oxygen atoms in total. The molecule has 2 aromatic rings. The highest BCUT2D eigenvalue weighted by molar-refractivity contribution is 7.90. The van der Waals surface area contributed by atoms with Gasteiger partial charge in [-0.1, -0.05) is 23.7 Å². The van der Waals surface area contributed by atoms with E-state index in [1.54, 1.807) is 13.8 Å². The highest BCUT2D eigenvalue weighted by Gasteiger charge is 2.61. The third kappa shape index (κ3) is 4.83. The van der Waals surface area contributed by atoms with Crippen LogP contribution in [0, 0.1) is 11.7 Å². The molecule has 2 atom stereocenters. The lowest BCUT2D eigenvalue weighted by molar-refractivity contribution is 0.0566. The summed E-state index contributed by atoms with van der Waals surface area (Å²) >= 11 is 5.76. The molecule has 2 aliphatic rings. The van der Waals surface area contributed by atoms with E-state index < -0.39 is 49.7 Å². The zero-order valence-corrected chi connectivity index (χ0v) is 22.1. The fourth-order valence-electron chi connectivity index (χ4n) is 4.71. The van der Waals surface area contributed by atoms with Gasteiger partial charge in [-0.2, -0.15) is 0 Å². The van der Waals surface area contributed by atoms with E-state index in [1.165, 1.54) is 33.9 Å². The Hall–Kier alpha value is -2.63. The van der Waals surface area contributed by atoms with Crippen LogP contribution in [0.4, 0.5) is 4.39 Å². The SMILES string of the molecule is CC(C)N1CC2(CC2CS(C)(=O)=O)n2cc(C(=O)NCc3cccc(Cl)c3F)c(=O)c(O)c2C1=O.Cl. The van der Waals surface area contributed by atoms with Crippen LogP contribution < -0.4 is 10.7 Å². The predicted molar refractivity (Wildman–Crippen MR) is 134 cm³/mol. The maximum Gasteiger partial charge on any atom is 0.274 e. The lowest BCUT2D eigenvalue weighted by atomic mass is 10.0. The van der Waals surface area contributed by atoms with Crippen molar-refractivity contribution in [3.63, 3.8) is 0 Å². The molecular weight excluding hydrogens is 536 g/mol. The van der Waals surface area contributed by atoms with Crippen LogP contribution in [0.15, 0.2) is 29.2 Å². The molecule has 2 N–H and O–H groups in total. The second kappa shape index (κ2) is 9.68. The van der Waals surface area contributed by atoms with Crippen LogP contribution in [0.2, 0.25) is 5.02 Å². The lowest BCUT2D eigenvalue weighted by Gasteiger charge is -2.39. The number of sulfone groups is 1. The number of nitrogens with zero attached hydrogens (tertiary/aromatic N) is 2. The smallest absolute Gasteiger partial charge is 0.274 e. The van der Waals surface area contributed by atoms with E-state index in [9.17, 15) is 32.3 Å². The number of benzene rings is 1. The van der Waals surface area contributed by atoms with Crippen molar-refractivity contribution in [3.05, 3.63) is 62.3 Å². The lowest BCUT2D eigenvalue weighted by Crippen LogP contribution is -2.52. The number of amides is 2. The van der Waals surface area contributed by atoms with Crippen LogP contribution in [0.3, 0.4) is 0 Å². The number of halogens is 3. The summed E-state index contributed by atoms with van der Waals surface area (Å²) < 4.78 is 39.5. The molecule has 1 aromatic carbocycles. The maximum absolute atomic E-state index is 14.2. The van der Waals surface area contributed by atoms with Gasteiger partial charge in [-0.3, -0.25) is 14.4 Å². The topological polar surface area (TPSA) is 126 Å². The van der Waals surface area contributed by atoms with Gasteiger partial charge in [-0.05, 0) is 26.3 Å². The summed E-state index contributed by atoms with van der Waals surface area (Å²) in [5, 5.41) is 13.1. The van der Waals surface area contributed by atoms with Gasteiger partial charge >= 0.3 is 0 Å². The van der Waals surface area contributed by atoms with Gasteiger partial charge < -0.3 is 19.9 Å². The molecule has 1 fully saturated rings. The number of hydrogen-bond acceptors (Lipinski definition) is 6. The second-order valence-corrected chi connectivity index (χ2v) is 12.1. The first kappa shape index (κ1) is 27.9. The Morgan fingerprint density at radius 1 is 1.33 bits per heavy atom. The first-order chi connectivity index (χ1) is 16.3. The average molecular weight is 562 g/mol. The summed E-state index contributed by atoms with van der Waals surface area (Å²) in [7, 11) is -3.35. The van der Waals surface area contributed by atoms with E-state index in [4.69, 9.17) is 11.6 Å². The number of pyridine rings is 1. The molecule has 2 unspecified atom stereocenters. The molecule has 1 aliphatic carbocycles. The van der Waals surface area contributed by atoms with Crippen molar-refractivity contribution in [1.82, 2.24) is 14.8 Å². The first-order valence-corrected chi connectivity index (χ1v) is 13.4. The van der Waals surface area contributed by atoms with Gasteiger partial charge in [0.05, 0.1) is 16.3 Å². The van der Waals surface area contributed by atoms with Gasteiger partial charge in [0.1, 0.15) is 21.2 Å². The number of rotatable bonds is 6. The summed E-state index contributed by atoms with van der Waals surface area (Å²) in [4.78, 5) is 40.4. The highest BCUT2D eigenvalue weighted by Crippen LogP contribution is 2.54. The van der Waals surface area contributed by atoms with E-state index >= 15 is 0 Å². The molecule has 1 aliphatic heterocycles. The zero-order chi connectivity index (χ0) is 25.9. The minimum atomic E-state index is -3.35. The molecule has 0 saturated heterocycles. The van der Waals surface area contributed by atoms with Gasteiger partial charge in [-0.25, -0.2) is 12.8 Å². The molecule has 1 saturated carbocycles. The normalized spacial score (nSPS) is 20.8. The maximum atomic E-state index is 14.2. The third-order valence-electron chi connectivity index (χ3n) is 6.61. The van der Waals surface area contributed by atoms with Gasteiger partial charge in [0.15, 0.2) is 11.4 Å². The predicted octanol–water partition coefficient (Wildman–Crippen LogP) is 2.32. The standard InChI is InChI=1S/C23H25ClFN3O6S.ClH/c1-12(2)27-11-23(7-14(23)10-35(3,33)34)28-9-15(19(29)20(30)18(28)22(27)32)21(31)26-8-13-5-4-6-16(24)17(13)25;/h4-6,9,12,14,30H,7-8,10-11H2,1-3H3,(H,26,31);1H. The van der Waals surface area contributed by atoms with Crippen LogP contribution >= 0.6 is 24.0 Å². The summed E-state index contributed by atoms with van der Waals surface area (Å²) in [5.41, 5.74) is -2.54. The van der Waals surface area contributed by atoms with Gasteiger partial charge in [0.25, 0.3) is 11.8 Å². The van der Waals surface area contributed by atoms with Crippen LogP contribution in [-0.4, -0.2) is 59.4 Å². The second-order valence-electron chi connectivity index (χ2n) is 9.46. The molecule has 2 amide bonds. The minimum Gasteiger partial charge on any atom is -0.503 e. The number of nitrogens with one attached hydrogen (secondary N) is 1. The summed E-state index contributed by atoms with van der Waals surface area (Å²) in [5.74, 6) is -3.57. The van der Waals surface area contributed by atoms with E-state index in [-0.39, 0.29) is 59.5 Å². The number of carbonyl (C=O) groups excluding carboxylic acids is 2. The number of aromatic hydroxyl groups is 1. The van der Waals surface area contributed by atoms with Crippen molar-refractivity contribution in [2.45, 2.75) is 38.4 Å². The van der Waals surface area contributed by atoms with Gasteiger partial charge in [0, 0.05) is 43.1 Å². The average Bonchev–Trinajstić information content (AvgIpc) is 3.43. The van der Waals surface area contributed by atoms with Crippen molar-refractivity contribution in [2.24, 2.45) is 5.92 Å². The minimum absolute atomic E-state index is 0. The Labute approximate surface area is 218 Å². The molecule has 36 heavy (non-hydrogen) atoms. The number of aromatic nitrogens is 1. The first-order valence-electron chi connectivity index (χ1n) is 11.0. The number of fused-ring (bicyclic) bond motifs is 2. The zero-order valence-electron chi connectivity index (χ0n) is 19.7. The van der Waals surface area contributed by atoms with E-state index in [0.717, 1.165) is 6.26 Å². The molecule has 4 rings (SSSR count). The van der Waals surface area contributed by atoms with Crippen molar-refractivity contribution < 1.29 is 27.5 Å². The number of hydrogen-bond donors (Lipinski definition) is 2.